The average Bonchev–Trinajstić information content (AvgIpc) is 2.33. The molecule has 1 rings (SSSR count). The summed E-state index contributed by atoms with van der Waals surface area (Å²) in [6.45, 7) is 7.29. The molecule has 1 atom stereocenters. The van der Waals surface area contributed by atoms with Crippen LogP contribution < -0.4 is 5.32 Å². The summed E-state index contributed by atoms with van der Waals surface area (Å²) >= 11 is 5.18. The molecule has 0 heterocycles. The molecule has 106 valence electrons. The lowest BCUT2D eigenvalue weighted by Gasteiger charge is -2.22. The van der Waals surface area contributed by atoms with Crippen molar-refractivity contribution in [3.63, 3.8) is 0 Å². The second-order valence-corrected chi connectivity index (χ2v) is 8.11. The molecule has 0 fully saturated rings. The van der Waals surface area contributed by atoms with Crippen LogP contribution in [-0.2, 0) is 4.79 Å². The molecule has 0 radical (unpaired) electrons. The highest BCUT2D eigenvalue weighted by molar-refractivity contribution is 9.09. The number of carbonyl (C=O) groups is 1. The van der Waals surface area contributed by atoms with E-state index in [2.05, 4.69) is 42.0 Å². The molecule has 0 spiro atoms. The molecule has 19 heavy (non-hydrogen) atoms. The van der Waals surface area contributed by atoms with Crippen LogP contribution in [0.25, 0.3) is 0 Å². The van der Waals surface area contributed by atoms with E-state index in [-0.39, 0.29) is 11.3 Å². The van der Waals surface area contributed by atoms with Gasteiger partial charge < -0.3 is 5.32 Å². The Bertz CT molecular complexity index is 389. The predicted molar refractivity (Wildman–Crippen MR) is 87.0 cm³/mol. The van der Waals surface area contributed by atoms with Crippen molar-refractivity contribution in [2.45, 2.75) is 36.9 Å². The average molecular weight is 344 g/mol. The van der Waals surface area contributed by atoms with Crippen LogP contribution in [0.1, 0.15) is 27.2 Å². The van der Waals surface area contributed by atoms with Crippen LogP contribution in [0.15, 0.2) is 35.2 Å². The van der Waals surface area contributed by atoms with Crippen LogP contribution >= 0.6 is 27.7 Å². The minimum atomic E-state index is 0.0900. The third-order valence-corrected chi connectivity index (χ3v) is 4.13. The van der Waals surface area contributed by atoms with Gasteiger partial charge in [0.05, 0.1) is 5.75 Å². The number of rotatable bonds is 6. The summed E-state index contributed by atoms with van der Waals surface area (Å²) in [5.41, 5.74) is 0.275. The zero-order valence-electron chi connectivity index (χ0n) is 11.8. The summed E-state index contributed by atoms with van der Waals surface area (Å²) in [6, 6.07) is 9.98. The van der Waals surface area contributed by atoms with E-state index in [1.165, 1.54) is 0 Å². The topological polar surface area (TPSA) is 29.1 Å². The summed E-state index contributed by atoms with van der Waals surface area (Å²) in [6.07, 6.45) is 1.04. The van der Waals surface area contributed by atoms with Crippen molar-refractivity contribution >= 4 is 33.6 Å². The Hall–Kier alpha value is -0.480. The highest BCUT2D eigenvalue weighted by Gasteiger charge is 2.16. The van der Waals surface area contributed by atoms with E-state index in [4.69, 9.17) is 0 Å². The molecule has 0 aliphatic rings. The van der Waals surface area contributed by atoms with E-state index in [1.54, 1.807) is 11.8 Å². The summed E-state index contributed by atoms with van der Waals surface area (Å²) in [7, 11) is 0. The molecule has 0 saturated carbocycles. The summed E-state index contributed by atoms with van der Waals surface area (Å²) in [5, 5.41) is 2.97. The van der Waals surface area contributed by atoms with Gasteiger partial charge in [-0.3, -0.25) is 4.79 Å². The van der Waals surface area contributed by atoms with Gasteiger partial charge in [0.1, 0.15) is 0 Å². The second-order valence-electron chi connectivity index (χ2n) is 5.77. The van der Waals surface area contributed by atoms with Crippen molar-refractivity contribution in [2.24, 2.45) is 5.41 Å². The van der Waals surface area contributed by atoms with E-state index in [9.17, 15) is 4.79 Å². The summed E-state index contributed by atoms with van der Waals surface area (Å²) < 4.78 is 0. The Balaban J connectivity index is 2.21. The van der Waals surface area contributed by atoms with Gasteiger partial charge >= 0.3 is 0 Å². The Morgan fingerprint density at radius 3 is 2.53 bits per heavy atom. The zero-order chi connectivity index (χ0) is 14.3. The molecule has 4 heteroatoms. The SMILES string of the molecule is CC(C)(C)CC(Br)CNC(=O)CSc1ccccc1. The molecule has 0 saturated heterocycles. The smallest absolute Gasteiger partial charge is 0.230 e. The summed E-state index contributed by atoms with van der Waals surface area (Å²) in [5.74, 6) is 0.561. The number of nitrogens with one attached hydrogen (secondary N) is 1. The first kappa shape index (κ1) is 16.6. The van der Waals surface area contributed by atoms with Crippen LogP contribution in [-0.4, -0.2) is 23.0 Å². The van der Waals surface area contributed by atoms with Crippen molar-refractivity contribution < 1.29 is 4.79 Å². The monoisotopic (exact) mass is 343 g/mol. The predicted octanol–water partition coefficient (Wildman–Crippen LogP) is 4.09. The normalized spacial score (nSPS) is 13.1. The first-order valence-electron chi connectivity index (χ1n) is 6.45. The number of hydrogen-bond donors (Lipinski definition) is 1. The van der Waals surface area contributed by atoms with Crippen molar-refractivity contribution in [3.8, 4) is 0 Å². The number of hydrogen-bond acceptors (Lipinski definition) is 2. The zero-order valence-corrected chi connectivity index (χ0v) is 14.2. The molecule has 0 bridgehead atoms. The van der Waals surface area contributed by atoms with Gasteiger partial charge in [0.2, 0.25) is 5.91 Å². The third kappa shape index (κ3) is 8.32. The van der Waals surface area contributed by atoms with Gasteiger partial charge in [0.25, 0.3) is 0 Å². The highest BCUT2D eigenvalue weighted by Crippen LogP contribution is 2.24. The lowest BCUT2D eigenvalue weighted by Crippen LogP contribution is -2.32. The quantitative estimate of drug-likeness (QED) is 0.622. The number of alkyl halides is 1. The third-order valence-electron chi connectivity index (χ3n) is 2.47. The lowest BCUT2D eigenvalue weighted by molar-refractivity contribution is -0.118. The molecule has 1 amide bonds. The maximum Gasteiger partial charge on any atom is 0.230 e. The number of carbonyl (C=O) groups excluding carboxylic acids is 1. The van der Waals surface area contributed by atoms with Crippen molar-refractivity contribution in [1.29, 1.82) is 0 Å². The van der Waals surface area contributed by atoms with E-state index in [1.807, 2.05) is 30.3 Å². The van der Waals surface area contributed by atoms with Crippen LogP contribution in [0, 0.1) is 5.41 Å². The van der Waals surface area contributed by atoms with Gasteiger partial charge in [-0.05, 0) is 24.0 Å². The van der Waals surface area contributed by atoms with E-state index >= 15 is 0 Å². The number of benzene rings is 1. The minimum absolute atomic E-state index is 0.0900. The molecule has 1 aromatic carbocycles. The van der Waals surface area contributed by atoms with Crippen LogP contribution in [0.3, 0.4) is 0 Å². The maximum atomic E-state index is 11.7. The molecule has 1 unspecified atom stereocenters. The van der Waals surface area contributed by atoms with E-state index in [0.29, 0.717) is 17.1 Å². The second kappa shape index (κ2) is 7.95. The Morgan fingerprint density at radius 1 is 1.32 bits per heavy atom. The van der Waals surface area contributed by atoms with Gasteiger partial charge in [0, 0.05) is 16.3 Å². The molecule has 0 aliphatic heterocycles. The highest BCUT2D eigenvalue weighted by atomic mass is 79.9. The van der Waals surface area contributed by atoms with Gasteiger partial charge in [-0.2, -0.15) is 0 Å². The van der Waals surface area contributed by atoms with Gasteiger partial charge in [0.15, 0.2) is 0 Å². The Labute approximate surface area is 128 Å². The lowest BCUT2D eigenvalue weighted by atomic mass is 9.90. The van der Waals surface area contributed by atoms with Crippen LogP contribution in [0.4, 0.5) is 0 Å². The number of thioether (sulfide) groups is 1. The van der Waals surface area contributed by atoms with Gasteiger partial charge in [-0.1, -0.05) is 54.9 Å². The molecule has 1 aromatic rings. The fourth-order valence-corrected chi connectivity index (χ4v) is 3.56. The van der Waals surface area contributed by atoms with E-state index < -0.39 is 0 Å². The fourth-order valence-electron chi connectivity index (χ4n) is 1.68. The molecule has 2 nitrogen and oxygen atoms in total. The van der Waals surface area contributed by atoms with Crippen LogP contribution in [0.5, 0.6) is 0 Å². The maximum absolute atomic E-state index is 11.7. The molecular formula is C15H22BrNOS. The Kier molecular flexibility index (Phi) is 6.94. The van der Waals surface area contributed by atoms with Crippen LogP contribution in [0.2, 0.25) is 0 Å². The summed E-state index contributed by atoms with van der Waals surface area (Å²) in [4.78, 5) is 13.2. The standard InChI is InChI=1S/C15H22BrNOS/c1-15(2,3)9-12(16)10-17-14(18)11-19-13-7-5-4-6-8-13/h4-8,12H,9-11H2,1-3H3,(H,17,18). The number of halogens is 1. The largest absolute Gasteiger partial charge is 0.354 e. The minimum Gasteiger partial charge on any atom is -0.354 e. The molecular weight excluding hydrogens is 322 g/mol. The Morgan fingerprint density at radius 2 is 1.95 bits per heavy atom. The van der Waals surface area contributed by atoms with Crippen molar-refractivity contribution in [1.82, 2.24) is 5.32 Å². The first-order chi connectivity index (χ1) is 8.87. The molecule has 0 aliphatic carbocycles. The van der Waals surface area contributed by atoms with E-state index in [0.717, 1.165) is 11.3 Å². The fraction of sp³-hybridized carbons (Fsp3) is 0.533. The molecule has 0 aromatic heterocycles. The van der Waals surface area contributed by atoms with Gasteiger partial charge in [-0.15, -0.1) is 11.8 Å². The first-order valence-corrected chi connectivity index (χ1v) is 8.35. The number of amides is 1. The van der Waals surface area contributed by atoms with Crippen molar-refractivity contribution in [3.05, 3.63) is 30.3 Å². The molecule has 1 N–H and O–H groups in total. The van der Waals surface area contributed by atoms with Gasteiger partial charge in [-0.25, -0.2) is 0 Å². The van der Waals surface area contributed by atoms with Crippen molar-refractivity contribution in [2.75, 3.05) is 12.3 Å².